The molecule has 0 unspecified atom stereocenters. The Bertz CT molecular complexity index is 352. The van der Waals surface area contributed by atoms with Crippen LogP contribution < -0.4 is 0 Å². The number of carboxylic acid groups (broad SMARTS) is 1. The van der Waals surface area contributed by atoms with Crippen LogP contribution in [-0.4, -0.2) is 17.7 Å². The highest BCUT2D eigenvalue weighted by Crippen LogP contribution is 2.16. The maximum atomic E-state index is 10.3. The number of carboxylic acids is 1. The fourth-order valence-electron chi connectivity index (χ4n) is 1.45. The van der Waals surface area contributed by atoms with Crippen molar-refractivity contribution in [3.8, 4) is 0 Å². The molecule has 0 atom stereocenters. The summed E-state index contributed by atoms with van der Waals surface area (Å²) in [5.74, 6) is -0.723. The molecule has 0 amide bonds. The van der Waals surface area contributed by atoms with Gasteiger partial charge in [-0.15, -0.1) is 0 Å². The van der Waals surface area contributed by atoms with Gasteiger partial charge in [-0.25, -0.2) is 0 Å². The number of hydrogen-bond acceptors (Lipinski definition) is 2. The molecule has 3 nitrogen and oxygen atoms in total. The van der Waals surface area contributed by atoms with Gasteiger partial charge in [0, 0.05) is 17.5 Å². The lowest BCUT2D eigenvalue weighted by Gasteiger charge is -2.05. The SMILES string of the molecule is O=C(O)CCCCCOCc1ccccc1Br. The van der Waals surface area contributed by atoms with Gasteiger partial charge in [-0.3, -0.25) is 4.79 Å². The zero-order chi connectivity index (χ0) is 12.5. The molecular formula is C13H17BrO3. The minimum Gasteiger partial charge on any atom is -0.481 e. The van der Waals surface area contributed by atoms with E-state index in [4.69, 9.17) is 9.84 Å². The van der Waals surface area contributed by atoms with Crippen molar-refractivity contribution in [1.29, 1.82) is 0 Å². The number of benzene rings is 1. The minimum absolute atomic E-state index is 0.254. The summed E-state index contributed by atoms with van der Waals surface area (Å²) < 4.78 is 6.59. The van der Waals surface area contributed by atoms with Gasteiger partial charge in [0.25, 0.3) is 0 Å². The summed E-state index contributed by atoms with van der Waals surface area (Å²) in [6, 6.07) is 7.97. The van der Waals surface area contributed by atoms with Crippen LogP contribution in [0.4, 0.5) is 0 Å². The molecule has 0 heterocycles. The van der Waals surface area contributed by atoms with Gasteiger partial charge in [-0.05, 0) is 24.5 Å². The number of unbranched alkanes of at least 4 members (excludes halogenated alkanes) is 2. The third kappa shape index (κ3) is 6.44. The molecule has 94 valence electrons. The summed E-state index contributed by atoms with van der Waals surface area (Å²) in [7, 11) is 0. The molecule has 0 saturated heterocycles. The average Bonchev–Trinajstić information content (AvgIpc) is 2.30. The van der Waals surface area contributed by atoms with Gasteiger partial charge < -0.3 is 9.84 Å². The third-order valence-corrected chi connectivity index (χ3v) is 3.17. The Kier molecular flexibility index (Phi) is 6.89. The number of carbonyl (C=O) groups is 1. The number of ether oxygens (including phenoxy) is 1. The molecule has 0 radical (unpaired) electrons. The van der Waals surface area contributed by atoms with Crippen LogP contribution in [-0.2, 0) is 16.1 Å². The Morgan fingerprint density at radius 1 is 1.24 bits per heavy atom. The van der Waals surface area contributed by atoms with Gasteiger partial charge in [0.15, 0.2) is 0 Å². The second-order valence-electron chi connectivity index (χ2n) is 3.85. The van der Waals surface area contributed by atoms with Crippen molar-refractivity contribution in [3.63, 3.8) is 0 Å². The quantitative estimate of drug-likeness (QED) is 0.746. The first-order chi connectivity index (χ1) is 8.20. The van der Waals surface area contributed by atoms with Crippen molar-refractivity contribution in [2.45, 2.75) is 32.3 Å². The van der Waals surface area contributed by atoms with E-state index in [9.17, 15) is 4.79 Å². The molecular weight excluding hydrogens is 284 g/mol. The molecule has 0 aromatic heterocycles. The van der Waals surface area contributed by atoms with Gasteiger partial charge in [0.05, 0.1) is 6.61 Å². The normalized spacial score (nSPS) is 10.4. The zero-order valence-corrected chi connectivity index (χ0v) is 11.3. The average molecular weight is 301 g/mol. The van der Waals surface area contributed by atoms with Crippen LogP contribution in [0.3, 0.4) is 0 Å². The maximum Gasteiger partial charge on any atom is 0.303 e. The molecule has 0 aliphatic carbocycles. The van der Waals surface area contributed by atoms with Crippen LogP contribution in [0.5, 0.6) is 0 Å². The number of rotatable bonds is 8. The molecule has 0 fully saturated rings. The highest BCUT2D eigenvalue weighted by molar-refractivity contribution is 9.10. The molecule has 0 bridgehead atoms. The van der Waals surface area contributed by atoms with E-state index in [0.29, 0.717) is 13.2 Å². The molecule has 1 aromatic carbocycles. The Balaban J connectivity index is 2.05. The summed E-state index contributed by atoms with van der Waals surface area (Å²) in [4.78, 5) is 10.3. The van der Waals surface area contributed by atoms with E-state index >= 15 is 0 Å². The van der Waals surface area contributed by atoms with E-state index in [1.165, 1.54) is 0 Å². The molecule has 0 aliphatic heterocycles. The molecule has 1 aromatic rings. The van der Waals surface area contributed by atoms with Gasteiger partial charge in [0.2, 0.25) is 0 Å². The van der Waals surface area contributed by atoms with Crippen molar-refractivity contribution in [1.82, 2.24) is 0 Å². The van der Waals surface area contributed by atoms with Gasteiger partial charge in [-0.1, -0.05) is 40.5 Å². The molecule has 4 heteroatoms. The zero-order valence-electron chi connectivity index (χ0n) is 9.69. The van der Waals surface area contributed by atoms with E-state index in [1.807, 2.05) is 24.3 Å². The molecule has 0 aliphatic rings. The van der Waals surface area contributed by atoms with Crippen LogP contribution in [0.15, 0.2) is 28.7 Å². The predicted octanol–water partition coefficient (Wildman–Crippen LogP) is 3.61. The Morgan fingerprint density at radius 2 is 2.00 bits per heavy atom. The van der Waals surface area contributed by atoms with E-state index in [-0.39, 0.29) is 6.42 Å². The number of hydrogen-bond donors (Lipinski definition) is 1. The molecule has 0 spiro atoms. The van der Waals surface area contributed by atoms with Crippen molar-refractivity contribution < 1.29 is 14.6 Å². The first-order valence-electron chi connectivity index (χ1n) is 5.73. The van der Waals surface area contributed by atoms with E-state index < -0.39 is 5.97 Å². The smallest absolute Gasteiger partial charge is 0.303 e. The Morgan fingerprint density at radius 3 is 2.71 bits per heavy atom. The standard InChI is InChI=1S/C13H17BrO3/c14-12-7-4-3-6-11(12)10-17-9-5-1-2-8-13(15)16/h3-4,6-7H,1-2,5,8-10H2,(H,15,16). The molecule has 1 rings (SSSR count). The Hall–Kier alpha value is -0.870. The molecule has 0 saturated carbocycles. The second kappa shape index (κ2) is 8.25. The second-order valence-corrected chi connectivity index (χ2v) is 4.70. The van der Waals surface area contributed by atoms with E-state index in [0.717, 1.165) is 29.3 Å². The molecule has 1 N–H and O–H groups in total. The fraction of sp³-hybridized carbons (Fsp3) is 0.462. The highest BCUT2D eigenvalue weighted by Gasteiger charge is 1.99. The summed E-state index contributed by atoms with van der Waals surface area (Å²) in [6.07, 6.45) is 2.80. The van der Waals surface area contributed by atoms with Gasteiger partial charge >= 0.3 is 5.97 Å². The predicted molar refractivity (Wildman–Crippen MR) is 69.9 cm³/mol. The topological polar surface area (TPSA) is 46.5 Å². The number of aliphatic carboxylic acids is 1. The van der Waals surface area contributed by atoms with Crippen LogP contribution >= 0.6 is 15.9 Å². The first-order valence-corrected chi connectivity index (χ1v) is 6.52. The van der Waals surface area contributed by atoms with Crippen molar-refractivity contribution in [3.05, 3.63) is 34.3 Å². The van der Waals surface area contributed by atoms with Crippen molar-refractivity contribution in [2.24, 2.45) is 0 Å². The van der Waals surface area contributed by atoms with Gasteiger partial charge in [-0.2, -0.15) is 0 Å². The van der Waals surface area contributed by atoms with Crippen LogP contribution in [0, 0.1) is 0 Å². The third-order valence-electron chi connectivity index (χ3n) is 2.39. The summed E-state index contributed by atoms with van der Waals surface area (Å²) >= 11 is 3.46. The Labute approximate surface area is 110 Å². The van der Waals surface area contributed by atoms with Crippen LogP contribution in [0.2, 0.25) is 0 Å². The van der Waals surface area contributed by atoms with Gasteiger partial charge in [0.1, 0.15) is 0 Å². The van der Waals surface area contributed by atoms with Crippen molar-refractivity contribution >= 4 is 21.9 Å². The maximum absolute atomic E-state index is 10.3. The summed E-state index contributed by atoms with van der Waals surface area (Å²) in [5.41, 5.74) is 1.14. The lowest BCUT2D eigenvalue weighted by atomic mass is 10.2. The lowest BCUT2D eigenvalue weighted by Crippen LogP contribution is -1.98. The number of halogens is 1. The fourth-order valence-corrected chi connectivity index (χ4v) is 1.85. The van der Waals surface area contributed by atoms with E-state index in [2.05, 4.69) is 15.9 Å². The molecule has 17 heavy (non-hydrogen) atoms. The van der Waals surface area contributed by atoms with Crippen LogP contribution in [0.25, 0.3) is 0 Å². The first kappa shape index (κ1) is 14.2. The summed E-state index contributed by atoms with van der Waals surface area (Å²) in [5, 5.41) is 8.46. The van der Waals surface area contributed by atoms with Crippen molar-refractivity contribution in [2.75, 3.05) is 6.61 Å². The minimum atomic E-state index is -0.723. The largest absolute Gasteiger partial charge is 0.481 e. The lowest BCUT2D eigenvalue weighted by molar-refractivity contribution is -0.137. The van der Waals surface area contributed by atoms with E-state index in [1.54, 1.807) is 0 Å². The monoisotopic (exact) mass is 300 g/mol. The van der Waals surface area contributed by atoms with Crippen LogP contribution in [0.1, 0.15) is 31.2 Å². The highest BCUT2D eigenvalue weighted by atomic mass is 79.9. The summed E-state index contributed by atoms with van der Waals surface area (Å²) in [6.45, 7) is 1.28.